The predicted octanol–water partition coefficient (Wildman–Crippen LogP) is 2.84. The van der Waals surface area contributed by atoms with Crippen molar-refractivity contribution in [1.29, 1.82) is 0 Å². The number of rotatable bonds is 4. The average Bonchev–Trinajstić information content (AvgIpc) is 2.53. The van der Waals surface area contributed by atoms with E-state index in [4.69, 9.17) is 0 Å². The topological polar surface area (TPSA) is 53.5 Å². The van der Waals surface area contributed by atoms with Crippen LogP contribution in [0.1, 0.15) is 60.8 Å². The second-order valence-corrected chi connectivity index (χ2v) is 7.34. The molecule has 5 heteroatoms. The van der Waals surface area contributed by atoms with Crippen molar-refractivity contribution in [1.82, 2.24) is 14.8 Å². The van der Waals surface area contributed by atoms with Crippen molar-refractivity contribution in [3.63, 3.8) is 0 Å². The van der Waals surface area contributed by atoms with Gasteiger partial charge in [0, 0.05) is 45.2 Å². The van der Waals surface area contributed by atoms with E-state index >= 15 is 0 Å². The molecule has 1 fully saturated rings. The summed E-state index contributed by atoms with van der Waals surface area (Å²) in [5, 5.41) is 0. The van der Waals surface area contributed by atoms with Crippen molar-refractivity contribution < 1.29 is 9.59 Å². The summed E-state index contributed by atoms with van der Waals surface area (Å²) in [5.41, 5.74) is 2.51. The standard InChI is InChI=1S/C19H29N3O2/c1-13(2)12-17(23)22-10-8-15(9-11-22)18-16(19(24)21(4)5)7-6-14(3)20-18/h6-7,13,15H,8-12H2,1-5H3. The van der Waals surface area contributed by atoms with Crippen molar-refractivity contribution in [3.8, 4) is 0 Å². The van der Waals surface area contributed by atoms with Crippen LogP contribution in [0.5, 0.6) is 0 Å². The van der Waals surface area contributed by atoms with Crippen LogP contribution < -0.4 is 0 Å². The van der Waals surface area contributed by atoms with Gasteiger partial charge < -0.3 is 9.80 Å². The van der Waals surface area contributed by atoms with E-state index in [0.29, 0.717) is 17.9 Å². The molecular formula is C19H29N3O2. The van der Waals surface area contributed by atoms with Crippen LogP contribution in [0.15, 0.2) is 12.1 Å². The van der Waals surface area contributed by atoms with Crippen LogP contribution in [0.2, 0.25) is 0 Å². The number of carbonyl (C=O) groups is 2. The molecule has 2 heterocycles. The monoisotopic (exact) mass is 331 g/mol. The Labute approximate surface area is 145 Å². The van der Waals surface area contributed by atoms with Crippen LogP contribution in [0.4, 0.5) is 0 Å². The Bertz CT molecular complexity index is 603. The molecule has 0 bridgehead atoms. The summed E-state index contributed by atoms with van der Waals surface area (Å²) >= 11 is 0. The number of carbonyl (C=O) groups excluding carboxylic acids is 2. The first-order chi connectivity index (χ1) is 11.3. The van der Waals surface area contributed by atoms with E-state index < -0.39 is 0 Å². The van der Waals surface area contributed by atoms with Gasteiger partial charge in [-0.2, -0.15) is 0 Å². The van der Waals surface area contributed by atoms with Crippen molar-refractivity contribution in [2.45, 2.75) is 46.0 Å². The van der Waals surface area contributed by atoms with Gasteiger partial charge in [0.25, 0.3) is 5.91 Å². The summed E-state index contributed by atoms with van der Waals surface area (Å²) in [6.45, 7) is 7.60. The van der Waals surface area contributed by atoms with Crippen molar-refractivity contribution >= 4 is 11.8 Å². The average molecular weight is 331 g/mol. The molecule has 24 heavy (non-hydrogen) atoms. The normalized spacial score (nSPS) is 15.7. The molecule has 1 aliphatic rings. The molecule has 2 amide bonds. The van der Waals surface area contributed by atoms with Gasteiger partial charge in [0.1, 0.15) is 0 Å². The summed E-state index contributed by atoms with van der Waals surface area (Å²) in [6, 6.07) is 3.78. The summed E-state index contributed by atoms with van der Waals surface area (Å²) in [7, 11) is 3.53. The molecule has 0 unspecified atom stereocenters. The minimum atomic E-state index is -0.00388. The van der Waals surface area contributed by atoms with E-state index in [0.717, 1.165) is 37.3 Å². The maximum absolute atomic E-state index is 12.4. The molecule has 5 nitrogen and oxygen atoms in total. The Morgan fingerprint density at radius 3 is 2.42 bits per heavy atom. The lowest BCUT2D eigenvalue weighted by Crippen LogP contribution is -2.39. The Hall–Kier alpha value is -1.91. The fourth-order valence-corrected chi connectivity index (χ4v) is 3.19. The Morgan fingerprint density at radius 2 is 1.88 bits per heavy atom. The van der Waals surface area contributed by atoms with Gasteiger partial charge >= 0.3 is 0 Å². The van der Waals surface area contributed by atoms with E-state index in [1.165, 1.54) is 0 Å². The van der Waals surface area contributed by atoms with Gasteiger partial charge in [-0.05, 0) is 37.8 Å². The van der Waals surface area contributed by atoms with Crippen LogP contribution in [0.3, 0.4) is 0 Å². The third-order valence-corrected chi connectivity index (χ3v) is 4.52. The van der Waals surface area contributed by atoms with E-state index in [-0.39, 0.29) is 17.7 Å². The highest BCUT2D eigenvalue weighted by Gasteiger charge is 2.28. The molecule has 1 aliphatic heterocycles. The molecule has 0 aromatic carbocycles. The Kier molecular flexibility index (Phi) is 5.97. The van der Waals surface area contributed by atoms with Crippen molar-refractivity contribution in [2.75, 3.05) is 27.2 Å². The lowest BCUT2D eigenvalue weighted by molar-refractivity contribution is -0.133. The molecule has 0 N–H and O–H groups in total. The van der Waals surface area contributed by atoms with E-state index in [1.54, 1.807) is 19.0 Å². The lowest BCUT2D eigenvalue weighted by atomic mass is 9.89. The second-order valence-electron chi connectivity index (χ2n) is 7.34. The molecule has 0 atom stereocenters. The summed E-state index contributed by atoms with van der Waals surface area (Å²) in [5.74, 6) is 0.867. The number of nitrogens with zero attached hydrogens (tertiary/aromatic N) is 3. The van der Waals surface area contributed by atoms with Gasteiger partial charge in [-0.1, -0.05) is 13.8 Å². The third-order valence-electron chi connectivity index (χ3n) is 4.52. The first-order valence-electron chi connectivity index (χ1n) is 8.76. The number of piperidine rings is 1. The van der Waals surface area contributed by atoms with Gasteiger partial charge in [0.2, 0.25) is 5.91 Å². The molecule has 1 aromatic heterocycles. The van der Waals surface area contributed by atoms with Crippen LogP contribution in [0.25, 0.3) is 0 Å². The van der Waals surface area contributed by atoms with Crippen molar-refractivity contribution in [3.05, 3.63) is 29.1 Å². The van der Waals surface area contributed by atoms with Gasteiger partial charge in [0.15, 0.2) is 0 Å². The second kappa shape index (κ2) is 7.77. The summed E-state index contributed by atoms with van der Waals surface area (Å²) in [6.07, 6.45) is 2.35. The zero-order valence-corrected chi connectivity index (χ0v) is 15.5. The lowest BCUT2D eigenvalue weighted by Gasteiger charge is -2.33. The highest BCUT2D eigenvalue weighted by atomic mass is 16.2. The van der Waals surface area contributed by atoms with Gasteiger partial charge in [-0.15, -0.1) is 0 Å². The molecule has 0 spiro atoms. The minimum absolute atomic E-state index is 0.00388. The molecular weight excluding hydrogens is 302 g/mol. The zero-order valence-electron chi connectivity index (χ0n) is 15.5. The number of amides is 2. The van der Waals surface area contributed by atoms with E-state index in [2.05, 4.69) is 18.8 Å². The molecule has 0 saturated carbocycles. The number of hydrogen-bond donors (Lipinski definition) is 0. The molecule has 0 radical (unpaired) electrons. The maximum atomic E-state index is 12.4. The molecule has 1 aromatic rings. The minimum Gasteiger partial charge on any atom is -0.345 e. The first-order valence-corrected chi connectivity index (χ1v) is 8.76. The SMILES string of the molecule is Cc1ccc(C(=O)N(C)C)c(C2CCN(C(=O)CC(C)C)CC2)n1. The van der Waals surface area contributed by atoms with Gasteiger partial charge in [-0.3, -0.25) is 14.6 Å². The van der Waals surface area contributed by atoms with Crippen LogP contribution in [-0.2, 0) is 4.79 Å². The number of hydrogen-bond acceptors (Lipinski definition) is 3. The third kappa shape index (κ3) is 4.34. The highest BCUT2D eigenvalue weighted by Crippen LogP contribution is 2.30. The fraction of sp³-hybridized carbons (Fsp3) is 0.632. The first kappa shape index (κ1) is 18.4. The Balaban J connectivity index is 2.13. The van der Waals surface area contributed by atoms with Crippen LogP contribution in [-0.4, -0.2) is 53.8 Å². The summed E-state index contributed by atoms with van der Waals surface area (Å²) in [4.78, 5) is 32.9. The van der Waals surface area contributed by atoms with E-state index in [1.807, 2.05) is 24.0 Å². The molecule has 1 saturated heterocycles. The summed E-state index contributed by atoms with van der Waals surface area (Å²) < 4.78 is 0. The molecule has 132 valence electrons. The van der Waals surface area contributed by atoms with Crippen molar-refractivity contribution in [2.24, 2.45) is 5.92 Å². The Morgan fingerprint density at radius 1 is 1.25 bits per heavy atom. The van der Waals surface area contributed by atoms with Gasteiger partial charge in [-0.25, -0.2) is 0 Å². The predicted molar refractivity (Wildman–Crippen MR) is 95.0 cm³/mol. The molecule has 0 aliphatic carbocycles. The highest BCUT2D eigenvalue weighted by molar-refractivity contribution is 5.95. The van der Waals surface area contributed by atoms with Crippen LogP contribution >= 0.6 is 0 Å². The number of aromatic nitrogens is 1. The fourth-order valence-electron chi connectivity index (χ4n) is 3.19. The van der Waals surface area contributed by atoms with E-state index in [9.17, 15) is 9.59 Å². The quantitative estimate of drug-likeness (QED) is 0.852. The van der Waals surface area contributed by atoms with Gasteiger partial charge in [0.05, 0.1) is 11.3 Å². The number of likely N-dealkylation sites (tertiary alicyclic amines) is 1. The van der Waals surface area contributed by atoms with Crippen LogP contribution in [0, 0.1) is 12.8 Å². The largest absolute Gasteiger partial charge is 0.345 e. The number of pyridine rings is 1. The smallest absolute Gasteiger partial charge is 0.255 e. The maximum Gasteiger partial charge on any atom is 0.255 e. The number of aryl methyl sites for hydroxylation is 1. The zero-order chi connectivity index (χ0) is 17.9. The molecule has 2 rings (SSSR count).